The summed E-state index contributed by atoms with van der Waals surface area (Å²) in [5.41, 5.74) is 0.877. The number of carbonyl (C=O) groups is 2. The van der Waals surface area contributed by atoms with Gasteiger partial charge in [-0.2, -0.15) is 0 Å². The second kappa shape index (κ2) is 10.1. The molecule has 0 spiro atoms. The zero-order valence-corrected chi connectivity index (χ0v) is 15.7. The molecule has 8 heteroatoms. The third kappa shape index (κ3) is 6.15. The Hall–Kier alpha value is -3.29. The minimum Gasteiger partial charge on any atom is -0.493 e. The molecule has 150 valence electrons. The van der Waals surface area contributed by atoms with Crippen molar-refractivity contribution >= 4 is 17.7 Å². The molecule has 0 aliphatic carbocycles. The molecule has 0 fully saturated rings. The second-order valence-corrected chi connectivity index (χ2v) is 6.10. The molecule has 2 aromatic carbocycles. The summed E-state index contributed by atoms with van der Waals surface area (Å²) in [6.45, 7) is 0. The van der Waals surface area contributed by atoms with Crippen LogP contribution in [0.25, 0.3) is 0 Å². The Kier molecular flexibility index (Phi) is 7.62. The monoisotopic (exact) mass is 390 g/mol. The number of nitrogens with one attached hydrogen (secondary N) is 2. The van der Waals surface area contributed by atoms with Crippen molar-refractivity contribution in [3.63, 3.8) is 0 Å². The van der Waals surface area contributed by atoms with Crippen LogP contribution >= 0.6 is 0 Å². The number of methoxy groups -OCH3 is 2. The normalized spacial score (nSPS) is 11.4. The number of carbonyl (C=O) groups excluding carboxylic acids is 1. The van der Waals surface area contributed by atoms with Gasteiger partial charge < -0.3 is 25.2 Å². The Balaban J connectivity index is 2.09. The van der Waals surface area contributed by atoms with Gasteiger partial charge in [-0.25, -0.2) is 9.18 Å². The van der Waals surface area contributed by atoms with Crippen LogP contribution in [0.3, 0.4) is 0 Å². The average Bonchev–Trinajstić information content (AvgIpc) is 2.68. The lowest BCUT2D eigenvalue weighted by molar-refractivity contribution is -0.137. The van der Waals surface area contributed by atoms with Crippen molar-refractivity contribution in [2.24, 2.45) is 0 Å². The van der Waals surface area contributed by atoms with E-state index in [1.807, 2.05) is 30.3 Å². The third-order valence-electron chi connectivity index (χ3n) is 4.09. The standard InChI is InChI=1S/C20H23FN2O5/c1-27-17-11-15(21)16(12-18(17)28-2)23-20(26)22-14(8-9-19(24)25)10-13-6-4-3-5-7-13/h3-7,11-12,14H,8-10H2,1-2H3,(H,24,25)(H2,22,23,26). The molecule has 7 nitrogen and oxygen atoms in total. The van der Waals surface area contributed by atoms with Gasteiger partial charge in [-0.1, -0.05) is 30.3 Å². The van der Waals surface area contributed by atoms with E-state index in [4.69, 9.17) is 14.6 Å². The number of aliphatic carboxylic acids is 1. The summed E-state index contributed by atoms with van der Waals surface area (Å²) in [6, 6.07) is 10.7. The number of halogens is 1. The van der Waals surface area contributed by atoms with Crippen LogP contribution < -0.4 is 20.1 Å². The molecule has 2 rings (SSSR count). The SMILES string of the molecule is COc1cc(F)c(NC(=O)NC(CCC(=O)O)Cc2ccccc2)cc1OC. The summed E-state index contributed by atoms with van der Waals surface area (Å²) in [6.07, 6.45) is 0.602. The summed E-state index contributed by atoms with van der Waals surface area (Å²) in [5, 5.41) is 14.1. The van der Waals surface area contributed by atoms with E-state index in [0.29, 0.717) is 6.42 Å². The predicted octanol–water partition coefficient (Wildman–Crippen LogP) is 3.44. The van der Waals surface area contributed by atoms with Crippen LogP contribution in [0, 0.1) is 5.82 Å². The van der Waals surface area contributed by atoms with Gasteiger partial charge in [0.2, 0.25) is 0 Å². The lowest BCUT2D eigenvalue weighted by atomic mass is 10.0. The molecule has 0 heterocycles. The highest BCUT2D eigenvalue weighted by molar-refractivity contribution is 5.90. The zero-order chi connectivity index (χ0) is 20.5. The number of benzene rings is 2. The van der Waals surface area contributed by atoms with Gasteiger partial charge in [-0.15, -0.1) is 0 Å². The quantitative estimate of drug-likeness (QED) is 0.609. The number of urea groups is 1. The maximum atomic E-state index is 14.2. The molecule has 0 saturated carbocycles. The largest absolute Gasteiger partial charge is 0.493 e. The first kappa shape index (κ1) is 21.0. The van der Waals surface area contributed by atoms with Crippen molar-refractivity contribution in [3.8, 4) is 11.5 Å². The minimum absolute atomic E-state index is 0.0770. The lowest BCUT2D eigenvalue weighted by Crippen LogP contribution is -2.39. The molecular formula is C20H23FN2O5. The van der Waals surface area contributed by atoms with Gasteiger partial charge in [-0.3, -0.25) is 4.79 Å². The Morgan fingerprint density at radius 2 is 1.75 bits per heavy atom. The van der Waals surface area contributed by atoms with E-state index >= 15 is 0 Å². The number of anilines is 1. The minimum atomic E-state index is -0.953. The van der Waals surface area contributed by atoms with E-state index in [1.54, 1.807) is 0 Å². The summed E-state index contributed by atoms with van der Waals surface area (Å²) < 4.78 is 24.3. The Bertz CT molecular complexity index is 814. The molecule has 0 aliphatic rings. The maximum absolute atomic E-state index is 14.2. The second-order valence-electron chi connectivity index (χ2n) is 6.10. The molecule has 2 amide bonds. The van der Waals surface area contributed by atoms with Crippen molar-refractivity contribution in [2.75, 3.05) is 19.5 Å². The summed E-state index contributed by atoms with van der Waals surface area (Å²) in [4.78, 5) is 23.3. The van der Waals surface area contributed by atoms with Gasteiger partial charge in [0.25, 0.3) is 0 Å². The predicted molar refractivity (Wildman–Crippen MR) is 102 cm³/mol. The molecule has 2 aromatic rings. The van der Waals surface area contributed by atoms with E-state index in [-0.39, 0.29) is 30.0 Å². The number of hydrogen-bond donors (Lipinski definition) is 3. The van der Waals surface area contributed by atoms with Gasteiger partial charge in [-0.05, 0) is 18.4 Å². The molecule has 0 radical (unpaired) electrons. The van der Waals surface area contributed by atoms with Gasteiger partial charge >= 0.3 is 12.0 Å². The van der Waals surface area contributed by atoms with Crippen molar-refractivity contribution in [2.45, 2.75) is 25.3 Å². The van der Waals surface area contributed by atoms with Crippen molar-refractivity contribution < 1.29 is 28.6 Å². The zero-order valence-electron chi connectivity index (χ0n) is 15.7. The number of carboxylic acid groups (broad SMARTS) is 1. The first-order chi connectivity index (χ1) is 13.4. The smallest absolute Gasteiger partial charge is 0.319 e. The third-order valence-corrected chi connectivity index (χ3v) is 4.09. The fraction of sp³-hybridized carbons (Fsp3) is 0.300. The van der Waals surface area contributed by atoms with Crippen LogP contribution in [0.5, 0.6) is 11.5 Å². The molecule has 0 saturated heterocycles. The van der Waals surface area contributed by atoms with Crippen molar-refractivity contribution in [1.82, 2.24) is 5.32 Å². The average molecular weight is 390 g/mol. The van der Waals surface area contributed by atoms with E-state index < -0.39 is 23.9 Å². The number of ether oxygens (including phenoxy) is 2. The van der Waals surface area contributed by atoms with Crippen LogP contribution in [-0.4, -0.2) is 37.4 Å². The molecule has 28 heavy (non-hydrogen) atoms. The number of amides is 2. The molecule has 1 atom stereocenters. The summed E-state index contributed by atoms with van der Waals surface area (Å²) >= 11 is 0. The van der Waals surface area contributed by atoms with Crippen LogP contribution in [0.2, 0.25) is 0 Å². The molecule has 0 bridgehead atoms. The van der Waals surface area contributed by atoms with Crippen molar-refractivity contribution in [1.29, 1.82) is 0 Å². The van der Waals surface area contributed by atoms with Gasteiger partial charge in [0.15, 0.2) is 17.3 Å². The van der Waals surface area contributed by atoms with Gasteiger partial charge in [0.05, 0.1) is 19.9 Å². The molecular weight excluding hydrogens is 367 g/mol. The number of carboxylic acids is 1. The fourth-order valence-corrected chi connectivity index (χ4v) is 2.72. The topological polar surface area (TPSA) is 96.9 Å². The number of hydrogen-bond acceptors (Lipinski definition) is 4. The highest BCUT2D eigenvalue weighted by Gasteiger charge is 2.17. The maximum Gasteiger partial charge on any atom is 0.319 e. The Morgan fingerprint density at radius 3 is 2.36 bits per heavy atom. The molecule has 0 aliphatic heterocycles. The molecule has 3 N–H and O–H groups in total. The summed E-state index contributed by atoms with van der Waals surface area (Å²) in [5.74, 6) is -1.16. The highest BCUT2D eigenvalue weighted by atomic mass is 19.1. The Labute approximate surface area is 162 Å². The van der Waals surface area contributed by atoms with Crippen LogP contribution in [0.15, 0.2) is 42.5 Å². The summed E-state index contributed by atoms with van der Waals surface area (Å²) in [7, 11) is 2.79. The van der Waals surface area contributed by atoms with E-state index in [0.717, 1.165) is 11.6 Å². The number of rotatable bonds is 9. The van der Waals surface area contributed by atoms with E-state index in [2.05, 4.69) is 10.6 Å². The first-order valence-corrected chi connectivity index (χ1v) is 8.67. The first-order valence-electron chi connectivity index (χ1n) is 8.67. The highest BCUT2D eigenvalue weighted by Crippen LogP contribution is 2.32. The van der Waals surface area contributed by atoms with Crippen LogP contribution in [0.4, 0.5) is 14.9 Å². The van der Waals surface area contributed by atoms with E-state index in [1.165, 1.54) is 20.3 Å². The van der Waals surface area contributed by atoms with E-state index in [9.17, 15) is 14.0 Å². The fourth-order valence-electron chi connectivity index (χ4n) is 2.72. The van der Waals surface area contributed by atoms with Crippen molar-refractivity contribution in [3.05, 3.63) is 53.8 Å². The van der Waals surface area contributed by atoms with Gasteiger partial charge in [0.1, 0.15) is 0 Å². The molecule has 0 aromatic heterocycles. The lowest BCUT2D eigenvalue weighted by Gasteiger charge is -2.19. The molecule has 1 unspecified atom stereocenters. The Morgan fingerprint density at radius 1 is 1.11 bits per heavy atom. The van der Waals surface area contributed by atoms with Crippen LogP contribution in [0.1, 0.15) is 18.4 Å². The van der Waals surface area contributed by atoms with Crippen LogP contribution in [-0.2, 0) is 11.2 Å². The van der Waals surface area contributed by atoms with Gasteiger partial charge in [0, 0.05) is 24.6 Å².